The van der Waals surface area contributed by atoms with Gasteiger partial charge < -0.3 is 9.47 Å². The van der Waals surface area contributed by atoms with E-state index < -0.39 is 6.16 Å². The normalized spacial score (nSPS) is 8.64. The van der Waals surface area contributed by atoms with Gasteiger partial charge in [-0.2, -0.15) is 0 Å². The molecule has 1 aromatic rings. The van der Waals surface area contributed by atoms with Crippen LogP contribution in [0.3, 0.4) is 0 Å². The van der Waals surface area contributed by atoms with Crippen LogP contribution in [-0.2, 0) is 4.74 Å². The Morgan fingerprint density at radius 3 is 2.50 bits per heavy atom. The zero-order valence-corrected chi connectivity index (χ0v) is 8.49. The quantitative estimate of drug-likeness (QED) is 0.368. The Morgan fingerprint density at radius 2 is 1.93 bits per heavy atom. The van der Waals surface area contributed by atoms with E-state index in [-0.39, 0.29) is 51.4 Å². The molecule has 0 atom stereocenters. The molecule has 0 aliphatic heterocycles. The fourth-order valence-electron chi connectivity index (χ4n) is 0.736. The van der Waals surface area contributed by atoms with Gasteiger partial charge in [0.2, 0.25) is 0 Å². The summed E-state index contributed by atoms with van der Waals surface area (Å²) in [6.07, 6.45) is -0.675. The summed E-state index contributed by atoms with van der Waals surface area (Å²) in [4.78, 5) is 10.9. The zero-order valence-electron chi connectivity index (χ0n) is 6.90. The number of halogens is 1. The summed E-state index contributed by atoms with van der Waals surface area (Å²) in [6, 6.07) is 8.79. The predicted molar refractivity (Wildman–Crippen MR) is 59.4 cm³/mol. The molecule has 0 aliphatic carbocycles. The average Bonchev–Trinajstić information content (AvgIpc) is 2.16. The molecule has 14 heavy (non-hydrogen) atoms. The summed E-state index contributed by atoms with van der Waals surface area (Å²) in [7, 11) is 0. The van der Waals surface area contributed by atoms with Crippen LogP contribution in [0.15, 0.2) is 30.3 Å². The summed E-state index contributed by atoms with van der Waals surface area (Å²) in [5, 5.41) is 0.608. The van der Waals surface area contributed by atoms with E-state index in [1.807, 2.05) is 6.07 Å². The first-order valence-electron chi connectivity index (χ1n) is 3.78. The molecule has 0 N–H and O–H groups in total. The zero-order chi connectivity index (χ0) is 9.52. The minimum atomic E-state index is -0.675. The second kappa shape index (κ2) is 8.88. The summed E-state index contributed by atoms with van der Waals surface area (Å²) >= 11 is 3.13. The number of hydrogen-bond acceptors (Lipinski definition) is 3. The Hall–Kier alpha value is 0.606. The molecular formula is C9H10BrKO3. The first-order valence-corrected chi connectivity index (χ1v) is 4.90. The number of alkyl halides is 1. The Morgan fingerprint density at radius 1 is 1.29 bits per heavy atom. The van der Waals surface area contributed by atoms with Crippen molar-refractivity contribution in [3.63, 3.8) is 0 Å². The Kier molecular flexibility index (Phi) is 9.26. The number of rotatable bonds is 3. The molecule has 1 aromatic carbocycles. The third kappa shape index (κ3) is 6.16. The van der Waals surface area contributed by atoms with Crippen molar-refractivity contribution in [2.45, 2.75) is 0 Å². The van der Waals surface area contributed by atoms with Crippen molar-refractivity contribution in [3.8, 4) is 5.75 Å². The molecule has 0 saturated heterocycles. The third-order valence-electron chi connectivity index (χ3n) is 1.24. The Labute approximate surface area is 134 Å². The van der Waals surface area contributed by atoms with Crippen molar-refractivity contribution >= 4 is 73.5 Å². The van der Waals surface area contributed by atoms with Crippen LogP contribution in [0, 0.1) is 0 Å². The fourth-order valence-corrected chi connectivity index (χ4v) is 0.898. The molecule has 0 bridgehead atoms. The molecule has 0 spiro atoms. The predicted octanol–water partition coefficient (Wildman–Crippen LogP) is 1.95. The van der Waals surface area contributed by atoms with Gasteiger partial charge in [-0.15, -0.1) is 0 Å². The van der Waals surface area contributed by atoms with E-state index >= 15 is 0 Å². The van der Waals surface area contributed by atoms with Gasteiger partial charge in [0, 0.05) is 5.33 Å². The third-order valence-corrected chi connectivity index (χ3v) is 1.57. The first kappa shape index (κ1) is 14.6. The van der Waals surface area contributed by atoms with Gasteiger partial charge in [0.1, 0.15) is 12.4 Å². The second-order valence-electron chi connectivity index (χ2n) is 2.20. The summed E-state index contributed by atoms with van der Waals surface area (Å²) in [5.74, 6) is 0.488. The molecule has 0 amide bonds. The van der Waals surface area contributed by atoms with Crippen LogP contribution in [0.1, 0.15) is 0 Å². The van der Waals surface area contributed by atoms with Crippen LogP contribution in [0.5, 0.6) is 5.75 Å². The van der Waals surface area contributed by atoms with Crippen LogP contribution in [0.2, 0.25) is 0 Å². The summed E-state index contributed by atoms with van der Waals surface area (Å²) < 4.78 is 9.52. The van der Waals surface area contributed by atoms with Gasteiger partial charge in [0.15, 0.2) is 0 Å². The van der Waals surface area contributed by atoms with Crippen molar-refractivity contribution in [1.82, 2.24) is 0 Å². The molecule has 3 nitrogen and oxygen atoms in total. The van der Waals surface area contributed by atoms with Gasteiger partial charge in [0.05, 0.1) is 0 Å². The van der Waals surface area contributed by atoms with Crippen molar-refractivity contribution in [1.29, 1.82) is 0 Å². The SMILES string of the molecule is O=C(OCCBr)Oc1ccccc1.[KH]. The molecule has 0 aliphatic rings. The number of carbonyl (C=O) groups is 1. The first-order chi connectivity index (χ1) is 6.33. The minimum absolute atomic E-state index is 0. The Bertz CT molecular complexity index is 266. The van der Waals surface area contributed by atoms with Crippen LogP contribution >= 0.6 is 15.9 Å². The molecule has 0 aromatic heterocycles. The molecule has 72 valence electrons. The maximum atomic E-state index is 10.9. The fraction of sp³-hybridized carbons (Fsp3) is 0.222. The number of para-hydroxylation sites is 1. The van der Waals surface area contributed by atoms with Gasteiger partial charge in [-0.3, -0.25) is 0 Å². The van der Waals surface area contributed by atoms with Crippen molar-refractivity contribution < 1.29 is 14.3 Å². The summed E-state index contributed by atoms with van der Waals surface area (Å²) in [6.45, 7) is 0.311. The van der Waals surface area contributed by atoms with Gasteiger partial charge >= 0.3 is 57.5 Å². The molecule has 1 rings (SSSR count). The van der Waals surface area contributed by atoms with Crippen LogP contribution < -0.4 is 4.74 Å². The van der Waals surface area contributed by atoms with E-state index in [1.165, 1.54) is 0 Å². The Balaban J connectivity index is 0.00000169. The molecule has 0 heterocycles. The van der Waals surface area contributed by atoms with Gasteiger partial charge in [-0.25, -0.2) is 4.79 Å². The standard InChI is InChI=1S/C9H9BrO3.K.H/c10-6-7-12-9(11)13-8-4-2-1-3-5-8;;/h1-5H,6-7H2;;. The van der Waals surface area contributed by atoms with Crippen molar-refractivity contribution in [3.05, 3.63) is 30.3 Å². The van der Waals surface area contributed by atoms with E-state index in [9.17, 15) is 4.79 Å². The van der Waals surface area contributed by atoms with Gasteiger partial charge in [0.25, 0.3) is 0 Å². The van der Waals surface area contributed by atoms with Crippen LogP contribution in [0.4, 0.5) is 4.79 Å². The number of benzene rings is 1. The molecule has 0 saturated carbocycles. The molecular weight excluding hydrogens is 275 g/mol. The van der Waals surface area contributed by atoms with Crippen molar-refractivity contribution in [2.24, 2.45) is 0 Å². The van der Waals surface area contributed by atoms with E-state index in [0.717, 1.165) is 0 Å². The van der Waals surface area contributed by atoms with Crippen LogP contribution in [0.25, 0.3) is 0 Å². The summed E-state index contributed by atoms with van der Waals surface area (Å²) in [5.41, 5.74) is 0. The van der Waals surface area contributed by atoms with Crippen LogP contribution in [-0.4, -0.2) is 69.5 Å². The van der Waals surface area contributed by atoms with Crippen molar-refractivity contribution in [2.75, 3.05) is 11.9 Å². The topological polar surface area (TPSA) is 35.5 Å². The molecule has 0 radical (unpaired) electrons. The molecule has 0 fully saturated rings. The van der Waals surface area contributed by atoms with Gasteiger partial charge in [-0.05, 0) is 12.1 Å². The maximum absolute atomic E-state index is 10.9. The molecule has 0 unspecified atom stereocenters. The second-order valence-corrected chi connectivity index (χ2v) is 3.00. The number of hydrogen-bond donors (Lipinski definition) is 0. The van der Waals surface area contributed by atoms with E-state index in [4.69, 9.17) is 4.74 Å². The van der Waals surface area contributed by atoms with Gasteiger partial charge in [-0.1, -0.05) is 34.1 Å². The van der Waals surface area contributed by atoms with E-state index in [2.05, 4.69) is 20.7 Å². The van der Waals surface area contributed by atoms with E-state index in [1.54, 1.807) is 24.3 Å². The number of ether oxygens (including phenoxy) is 2. The average molecular weight is 285 g/mol. The molecule has 5 heteroatoms. The number of carbonyl (C=O) groups excluding carboxylic acids is 1. The van der Waals surface area contributed by atoms with E-state index in [0.29, 0.717) is 17.7 Å². The monoisotopic (exact) mass is 284 g/mol.